The summed E-state index contributed by atoms with van der Waals surface area (Å²) < 4.78 is 1.30. The number of fused-ring (bicyclic) bond motifs is 1. The van der Waals surface area contributed by atoms with E-state index in [1.807, 2.05) is 19.1 Å². The summed E-state index contributed by atoms with van der Waals surface area (Å²) in [6.07, 6.45) is 1.50. The first-order chi connectivity index (χ1) is 12.0. The molecule has 3 rings (SSSR count). The minimum Gasteiger partial charge on any atom is -0.298 e. The van der Waals surface area contributed by atoms with Gasteiger partial charge in [-0.3, -0.25) is 24.3 Å². The van der Waals surface area contributed by atoms with Gasteiger partial charge in [-0.25, -0.2) is 4.98 Å². The Morgan fingerprint density at radius 3 is 2.60 bits per heavy atom. The number of hydrogen-bond acceptors (Lipinski definition) is 5. The Bertz CT molecular complexity index is 1020. The van der Waals surface area contributed by atoms with E-state index in [0.29, 0.717) is 11.1 Å². The van der Waals surface area contributed by atoms with Gasteiger partial charge < -0.3 is 0 Å². The minimum atomic E-state index is -0.558. The molecule has 3 aromatic rings. The van der Waals surface area contributed by atoms with Crippen LogP contribution in [-0.2, 0) is 6.54 Å². The van der Waals surface area contributed by atoms with Crippen molar-refractivity contribution in [3.8, 4) is 0 Å². The summed E-state index contributed by atoms with van der Waals surface area (Å²) in [5.41, 5.74) is 1.47. The number of nitrogens with zero attached hydrogens (tertiary/aromatic N) is 3. The molecule has 7 nitrogen and oxygen atoms in total. The lowest BCUT2D eigenvalue weighted by Crippen LogP contribution is -2.22. The zero-order valence-corrected chi connectivity index (χ0v) is 13.5. The highest BCUT2D eigenvalue weighted by molar-refractivity contribution is 5.96. The average Bonchev–Trinajstić information content (AvgIpc) is 2.61. The van der Waals surface area contributed by atoms with Crippen LogP contribution in [0.2, 0.25) is 0 Å². The summed E-state index contributed by atoms with van der Waals surface area (Å²) in [6, 6.07) is 11.2. The first-order valence-electron chi connectivity index (χ1n) is 7.69. The lowest BCUT2D eigenvalue weighted by molar-refractivity contribution is -0.384. The number of aryl methyl sites for hydroxylation is 2. The van der Waals surface area contributed by atoms with Gasteiger partial charge in [-0.2, -0.15) is 0 Å². The zero-order chi connectivity index (χ0) is 18.0. The maximum Gasteiger partial charge on any atom is 0.270 e. The van der Waals surface area contributed by atoms with Crippen LogP contribution in [0, 0.1) is 17.0 Å². The number of carbonyl (C=O) groups excluding carboxylic acids is 1. The van der Waals surface area contributed by atoms with Crippen LogP contribution in [-0.4, -0.2) is 20.3 Å². The first kappa shape index (κ1) is 16.5. The molecule has 126 valence electrons. The fourth-order valence-electron chi connectivity index (χ4n) is 2.53. The number of carbonyl (C=O) groups is 1. The molecule has 0 amide bonds. The largest absolute Gasteiger partial charge is 0.298 e. The summed E-state index contributed by atoms with van der Waals surface area (Å²) in [4.78, 5) is 39.2. The van der Waals surface area contributed by atoms with Gasteiger partial charge in [0.25, 0.3) is 11.2 Å². The van der Waals surface area contributed by atoms with Crippen LogP contribution in [0.5, 0.6) is 0 Å². The predicted octanol–water partition coefficient (Wildman–Crippen LogP) is 2.89. The zero-order valence-electron chi connectivity index (χ0n) is 13.5. The van der Waals surface area contributed by atoms with Crippen LogP contribution in [0.3, 0.4) is 0 Å². The van der Waals surface area contributed by atoms with Crippen molar-refractivity contribution in [1.29, 1.82) is 0 Å². The van der Waals surface area contributed by atoms with E-state index in [-0.39, 0.29) is 29.8 Å². The molecule has 0 bridgehead atoms. The van der Waals surface area contributed by atoms with E-state index in [2.05, 4.69) is 4.98 Å². The molecule has 1 heterocycles. The average molecular weight is 337 g/mol. The molecule has 0 radical (unpaired) electrons. The third kappa shape index (κ3) is 3.45. The second kappa shape index (κ2) is 6.64. The summed E-state index contributed by atoms with van der Waals surface area (Å²) in [5.74, 6) is -0.0777. The van der Waals surface area contributed by atoms with E-state index in [0.717, 1.165) is 5.56 Å². The van der Waals surface area contributed by atoms with Gasteiger partial charge in [0.15, 0.2) is 5.78 Å². The SMILES string of the molecule is Cc1ccc(C(=O)CCn2cnc3ccc([N+](=O)[O-])cc3c2=O)cc1. The van der Waals surface area contributed by atoms with Crippen LogP contribution in [0.15, 0.2) is 53.6 Å². The number of non-ortho nitro benzene ring substituents is 1. The Balaban J connectivity index is 1.85. The molecule has 0 fully saturated rings. The van der Waals surface area contributed by atoms with E-state index in [4.69, 9.17) is 0 Å². The molecule has 7 heteroatoms. The fraction of sp³-hybridized carbons (Fsp3) is 0.167. The van der Waals surface area contributed by atoms with E-state index in [1.165, 1.54) is 29.1 Å². The number of nitro groups is 1. The lowest BCUT2D eigenvalue weighted by atomic mass is 10.1. The van der Waals surface area contributed by atoms with Gasteiger partial charge in [0, 0.05) is 30.7 Å². The highest BCUT2D eigenvalue weighted by Crippen LogP contribution is 2.16. The van der Waals surface area contributed by atoms with Crippen LogP contribution < -0.4 is 5.56 Å². The van der Waals surface area contributed by atoms with Gasteiger partial charge in [-0.1, -0.05) is 29.8 Å². The molecule has 0 saturated heterocycles. The highest BCUT2D eigenvalue weighted by atomic mass is 16.6. The van der Waals surface area contributed by atoms with Crippen LogP contribution in [0.25, 0.3) is 10.9 Å². The van der Waals surface area contributed by atoms with Crippen molar-refractivity contribution in [3.05, 3.63) is 80.4 Å². The summed E-state index contributed by atoms with van der Waals surface area (Å²) in [7, 11) is 0. The van der Waals surface area contributed by atoms with E-state index < -0.39 is 10.5 Å². The fourth-order valence-corrected chi connectivity index (χ4v) is 2.53. The normalized spacial score (nSPS) is 10.8. The van der Waals surface area contributed by atoms with Gasteiger partial charge >= 0.3 is 0 Å². The van der Waals surface area contributed by atoms with Crippen LogP contribution in [0.1, 0.15) is 22.3 Å². The monoisotopic (exact) mass is 337 g/mol. The van der Waals surface area contributed by atoms with E-state index in [1.54, 1.807) is 12.1 Å². The maximum absolute atomic E-state index is 12.5. The Labute approximate surface area is 142 Å². The molecule has 0 saturated carbocycles. The minimum absolute atomic E-state index is 0.0777. The number of ketones is 1. The number of aromatic nitrogens is 2. The number of rotatable bonds is 5. The standard InChI is InChI=1S/C18H15N3O4/c1-12-2-4-13(5-3-12)17(22)8-9-20-11-19-16-7-6-14(21(24)25)10-15(16)18(20)23/h2-7,10-11H,8-9H2,1H3. The summed E-state index contributed by atoms with van der Waals surface area (Å²) in [5, 5.41) is 11.0. The van der Waals surface area contributed by atoms with Gasteiger partial charge in [-0.15, -0.1) is 0 Å². The van der Waals surface area contributed by atoms with Crippen molar-refractivity contribution in [2.24, 2.45) is 0 Å². The first-order valence-corrected chi connectivity index (χ1v) is 7.69. The number of Topliss-reactive ketones (excluding diaryl/α,β-unsaturated/α-hetero) is 1. The molecule has 2 aromatic carbocycles. The van der Waals surface area contributed by atoms with Crippen molar-refractivity contribution in [2.45, 2.75) is 19.9 Å². The summed E-state index contributed by atoms with van der Waals surface area (Å²) in [6.45, 7) is 2.10. The van der Waals surface area contributed by atoms with Gasteiger partial charge in [0.1, 0.15) is 0 Å². The van der Waals surface area contributed by atoms with Crippen LogP contribution in [0.4, 0.5) is 5.69 Å². The third-order valence-electron chi connectivity index (χ3n) is 3.97. The van der Waals surface area contributed by atoms with Crippen molar-refractivity contribution in [3.63, 3.8) is 0 Å². The number of benzene rings is 2. The predicted molar refractivity (Wildman–Crippen MR) is 92.8 cm³/mol. The van der Waals surface area contributed by atoms with Crippen molar-refractivity contribution in [1.82, 2.24) is 9.55 Å². The molecular formula is C18H15N3O4. The topological polar surface area (TPSA) is 95.1 Å². The molecule has 0 aliphatic rings. The van der Waals surface area contributed by atoms with E-state index in [9.17, 15) is 19.7 Å². The smallest absolute Gasteiger partial charge is 0.270 e. The molecule has 0 aliphatic carbocycles. The van der Waals surface area contributed by atoms with Gasteiger partial charge in [0.2, 0.25) is 0 Å². The molecule has 0 unspecified atom stereocenters. The molecule has 0 atom stereocenters. The van der Waals surface area contributed by atoms with Gasteiger partial charge in [0.05, 0.1) is 22.2 Å². The third-order valence-corrected chi connectivity index (χ3v) is 3.97. The van der Waals surface area contributed by atoms with Crippen molar-refractivity contribution < 1.29 is 9.72 Å². The van der Waals surface area contributed by atoms with E-state index >= 15 is 0 Å². The molecule has 0 N–H and O–H groups in total. The quantitative estimate of drug-likeness (QED) is 0.405. The van der Waals surface area contributed by atoms with Gasteiger partial charge in [-0.05, 0) is 13.0 Å². The molecule has 25 heavy (non-hydrogen) atoms. The maximum atomic E-state index is 12.5. The Morgan fingerprint density at radius 1 is 1.20 bits per heavy atom. The Morgan fingerprint density at radius 2 is 1.92 bits per heavy atom. The van der Waals surface area contributed by atoms with Crippen LogP contribution >= 0.6 is 0 Å². The second-order valence-electron chi connectivity index (χ2n) is 5.74. The molecule has 1 aromatic heterocycles. The Hall–Kier alpha value is -3.35. The summed E-state index contributed by atoms with van der Waals surface area (Å²) >= 11 is 0. The molecule has 0 aliphatic heterocycles. The second-order valence-corrected chi connectivity index (χ2v) is 5.74. The molecule has 0 spiro atoms. The van der Waals surface area contributed by atoms with Crippen molar-refractivity contribution >= 4 is 22.4 Å². The number of nitro benzene ring substituents is 1. The molecular weight excluding hydrogens is 322 g/mol. The lowest BCUT2D eigenvalue weighted by Gasteiger charge is -2.06. The highest BCUT2D eigenvalue weighted by Gasteiger charge is 2.12. The van der Waals surface area contributed by atoms with Crippen molar-refractivity contribution in [2.75, 3.05) is 0 Å². The number of hydrogen-bond donors (Lipinski definition) is 0. The Kier molecular flexibility index (Phi) is 4.38.